The second kappa shape index (κ2) is 4.14. The Morgan fingerprint density at radius 2 is 1.88 bits per heavy atom. The molecule has 0 aliphatic rings. The van der Waals surface area contributed by atoms with Crippen molar-refractivity contribution in [3.63, 3.8) is 0 Å². The first-order valence-corrected chi connectivity index (χ1v) is 5.00. The predicted molar refractivity (Wildman–Crippen MR) is 62.9 cm³/mol. The summed E-state index contributed by atoms with van der Waals surface area (Å²) in [5.41, 5.74) is 8.46. The van der Waals surface area contributed by atoms with Crippen LogP contribution in [-0.2, 0) is 0 Å². The van der Waals surface area contributed by atoms with Gasteiger partial charge in [-0.15, -0.1) is 0 Å². The van der Waals surface area contributed by atoms with Crippen molar-refractivity contribution in [3.05, 3.63) is 53.7 Å². The molecule has 2 rings (SSSR count). The fourth-order valence-corrected chi connectivity index (χ4v) is 1.55. The summed E-state index contributed by atoms with van der Waals surface area (Å²) in [6, 6.07) is 11.2. The van der Waals surface area contributed by atoms with Crippen LogP contribution in [0.3, 0.4) is 0 Å². The number of hydrogen-bond donors (Lipinski definition) is 1. The van der Waals surface area contributed by atoms with Crippen LogP contribution in [0, 0.1) is 6.92 Å². The lowest BCUT2D eigenvalue weighted by Gasteiger charge is -2.05. The van der Waals surface area contributed by atoms with Crippen LogP contribution >= 0.6 is 0 Å². The summed E-state index contributed by atoms with van der Waals surface area (Å²) in [6.07, 6.45) is 1.65. The molecule has 0 spiro atoms. The van der Waals surface area contributed by atoms with E-state index in [1.54, 1.807) is 18.3 Å². The molecule has 2 aromatic rings. The molecule has 0 fully saturated rings. The smallest absolute Gasteiger partial charge is 0.250 e. The number of rotatable bonds is 2. The van der Waals surface area contributed by atoms with Gasteiger partial charge in [0, 0.05) is 11.8 Å². The molecule has 0 radical (unpaired) electrons. The molecule has 1 aromatic heterocycles. The Hall–Kier alpha value is -2.16. The number of benzene rings is 1. The number of aryl methyl sites for hydroxylation is 1. The van der Waals surface area contributed by atoms with Gasteiger partial charge in [0.1, 0.15) is 0 Å². The summed E-state index contributed by atoms with van der Waals surface area (Å²) in [6.45, 7) is 2.01. The van der Waals surface area contributed by atoms with E-state index in [1.165, 1.54) is 5.56 Å². The third-order valence-electron chi connectivity index (χ3n) is 2.40. The first kappa shape index (κ1) is 10.4. The SMILES string of the molecule is Cc1ccc(-c2ncccc2C(N)=O)cc1. The van der Waals surface area contributed by atoms with Crippen molar-refractivity contribution < 1.29 is 4.79 Å². The molecule has 0 bridgehead atoms. The molecular formula is C13H12N2O. The number of carbonyl (C=O) groups is 1. The van der Waals surface area contributed by atoms with Gasteiger partial charge < -0.3 is 5.73 Å². The first-order valence-electron chi connectivity index (χ1n) is 5.00. The quantitative estimate of drug-likeness (QED) is 0.829. The molecule has 3 heteroatoms. The normalized spacial score (nSPS) is 10.1. The molecule has 0 aliphatic carbocycles. The van der Waals surface area contributed by atoms with E-state index in [9.17, 15) is 4.79 Å². The number of carbonyl (C=O) groups excluding carboxylic acids is 1. The topological polar surface area (TPSA) is 56.0 Å². The molecule has 1 aromatic carbocycles. The number of hydrogen-bond acceptors (Lipinski definition) is 2. The van der Waals surface area contributed by atoms with Gasteiger partial charge in [-0.3, -0.25) is 9.78 Å². The van der Waals surface area contributed by atoms with E-state index in [4.69, 9.17) is 5.73 Å². The second-order valence-corrected chi connectivity index (χ2v) is 3.63. The Morgan fingerprint density at radius 1 is 1.19 bits per heavy atom. The highest BCUT2D eigenvalue weighted by Crippen LogP contribution is 2.20. The Kier molecular flexibility index (Phi) is 2.68. The van der Waals surface area contributed by atoms with Crippen LogP contribution in [0.15, 0.2) is 42.6 Å². The van der Waals surface area contributed by atoms with E-state index < -0.39 is 5.91 Å². The number of nitrogens with zero attached hydrogens (tertiary/aromatic N) is 1. The maximum absolute atomic E-state index is 11.2. The van der Waals surface area contributed by atoms with Crippen LogP contribution in [0.5, 0.6) is 0 Å². The molecule has 0 unspecified atom stereocenters. The average Bonchev–Trinajstić information content (AvgIpc) is 2.30. The molecule has 0 saturated carbocycles. The molecule has 3 nitrogen and oxygen atoms in total. The van der Waals surface area contributed by atoms with E-state index in [0.717, 1.165) is 5.56 Å². The van der Waals surface area contributed by atoms with Crippen LogP contribution in [0.25, 0.3) is 11.3 Å². The number of nitrogens with two attached hydrogens (primary N) is 1. The van der Waals surface area contributed by atoms with Crippen LogP contribution < -0.4 is 5.73 Å². The lowest BCUT2D eigenvalue weighted by molar-refractivity contribution is 0.100. The van der Waals surface area contributed by atoms with E-state index in [0.29, 0.717) is 11.3 Å². The second-order valence-electron chi connectivity index (χ2n) is 3.63. The summed E-state index contributed by atoms with van der Waals surface area (Å²) >= 11 is 0. The minimum atomic E-state index is -0.455. The molecular weight excluding hydrogens is 200 g/mol. The maximum Gasteiger partial charge on any atom is 0.250 e. The zero-order chi connectivity index (χ0) is 11.5. The van der Waals surface area contributed by atoms with Crippen molar-refractivity contribution in [2.75, 3.05) is 0 Å². The van der Waals surface area contributed by atoms with Crippen LogP contribution in [0.1, 0.15) is 15.9 Å². The summed E-state index contributed by atoms with van der Waals surface area (Å²) in [5, 5.41) is 0. The average molecular weight is 212 g/mol. The lowest BCUT2D eigenvalue weighted by atomic mass is 10.0. The van der Waals surface area contributed by atoms with Crippen molar-refractivity contribution in [1.82, 2.24) is 4.98 Å². The molecule has 80 valence electrons. The van der Waals surface area contributed by atoms with Crippen LogP contribution in [0.4, 0.5) is 0 Å². The van der Waals surface area contributed by atoms with Crippen molar-refractivity contribution in [2.45, 2.75) is 6.92 Å². The van der Waals surface area contributed by atoms with Gasteiger partial charge >= 0.3 is 0 Å². The molecule has 2 N–H and O–H groups in total. The minimum absolute atomic E-state index is 0.450. The number of primary amides is 1. The van der Waals surface area contributed by atoms with Gasteiger partial charge in [-0.1, -0.05) is 29.8 Å². The van der Waals surface area contributed by atoms with Gasteiger partial charge in [-0.25, -0.2) is 0 Å². The van der Waals surface area contributed by atoms with Gasteiger partial charge in [0.25, 0.3) is 5.91 Å². The maximum atomic E-state index is 11.2. The number of amides is 1. The fraction of sp³-hybridized carbons (Fsp3) is 0.0769. The Labute approximate surface area is 93.9 Å². The standard InChI is InChI=1S/C13H12N2O/c1-9-4-6-10(7-5-9)12-11(13(14)16)3-2-8-15-12/h2-8H,1H3,(H2,14,16). The summed E-state index contributed by atoms with van der Waals surface area (Å²) < 4.78 is 0. The van der Waals surface area contributed by atoms with E-state index >= 15 is 0 Å². The molecule has 1 amide bonds. The van der Waals surface area contributed by atoms with Gasteiger partial charge in [-0.05, 0) is 19.1 Å². The van der Waals surface area contributed by atoms with E-state index in [-0.39, 0.29) is 0 Å². The number of aromatic nitrogens is 1. The summed E-state index contributed by atoms with van der Waals surface area (Å²) in [7, 11) is 0. The third-order valence-corrected chi connectivity index (χ3v) is 2.40. The van der Waals surface area contributed by atoms with Crippen molar-refractivity contribution in [1.29, 1.82) is 0 Å². The zero-order valence-electron chi connectivity index (χ0n) is 8.97. The molecule has 0 saturated heterocycles. The van der Waals surface area contributed by atoms with Gasteiger partial charge in [0.05, 0.1) is 11.3 Å². The Bertz CT molecular complexity index is 518. The minimum Gasteiger partial charge on any atom is -0.366 e. The Balaban J connectivity index is 2.55. The largest absolute Gasteiger partial charge is 0.366 e. The predicted octanol–water partition coefficient (Wildman–Crippen LogP) is 2.16. The highest BCUT2D eigenvalue weighted by atomic mass is 16.1. The highest BCUT2D eigenvalue weighted by molar-refractivity contribution is 5.98. The van der Waals surface area contributed by atoms with Crippen molar-refractivity contribution in [3.8, 4) is 11.3 Å². The van der Waals surface area contributed by atoms with Crippen LogP contribution in [-0.4, -0.2) is 10.9 Å². The lowest BCUT2D eigenvalue weighted by Crippen LogP contribution is -2.12. The van der Waals surface area contributed by atoms with Crippen molar-refractivity contribution >= 4 is 5.91 Å². The van der Waals surface area contributed by atoms with Gasteiger partial charge in [0.15, 0.2) is 0 Å². The fourth-order valence-electron chi connectivity index (χ4n) is 1.55. The summed E-state index contributed by atoms with van der Waals surface area (Å²) in [4.78, 5) is 15.4. The van der Waals surface area contributed by atoms with Crippen LogP contribution in [0.2, 0.25) is 0 Å². The molecule has 0 aliphatic heterocycles. The van der Waals surface area contributed by atoms with Gasteiger partial charge in [0.2, 0.25) is 0 Å². The van der Waals surface area contributed by atoms with Gasteiger partial charge in [-0.2, -0.15) is 0 Å². The van der Waals surface area contributed by atoms with E-state index in [1.807, 2.05) is 31.2 Å². The third kappa shape index (κ3) is 1.93. The first-order chi connectivity index (χ1) is 7.68. The zero-order valence-corrected chi connectivity index (χ0v) is 8.97. The molecule has 0 atom stereocenters. The molecule has 16 heavy (non-hydrogen) atoms. The monoisotopic (exact) mass is 212 g/mol. The molecule has 1 heterocycles. The number of pyridine rings is 1. The van der Waals surface area contributed by atoms with E-state index in [2.05, 4.69) is 4.98 Å². The Morgan fingerprint density at radius 3 is 2.50 bits per heavy atom. The highest BCUT2D eigenvalue weighted by Gasteiger charge is 2.09. The summed E-state index contributed by atoms with van der Waals surface area (Å²) in [5.74, 6) is -0.455. The van der Waals surface area contributed by atoms with Crippen molar-refractivity contribution in [2.24, 2.45) is 5.73 Å².